The van der Waals surface area contributed by atoms with Crippen LogP contribution >= 0.6 is 11.3 Å². The fourth-order valence-corrected chi connectivity index (χ4v) is 4.61. The van der Waals surface area contributed by atoms with Gasteiger partial charge in [-0.25, -0.2) is 13.2 Å². The van der Waals surface area contributed by atoms with E-state index < -0.39 is 28.5 Å². The number of thiophene rings is 1. The maximum absolute atomic E-state index is 15.0. The van der Waals surface area contributed by atoms with Crippen LogP contribution in [-0.4, -0.2) is 19.5 Å². The van der Waals surface area contributed by atoms with Crippen LogP contribution in [0.5, 0.6) is 0 Å². The third-order valence-corrected chi connectivity index (χ3v) is 6.39. The first-order valence-electron chi connectivity index (χ1n) is 9.58. The van der Waals surface area contributed by atoms with E-state index in [-0.39, 0.29) is 17.7 Å². The molecule has 31 heavy (non-hydrogen) atoms. The predicted octanol–water partition coefficient (Wildman–Crippen LogP) is 5.52. The minimum absolute atomic E-state index is 0.0429. The summed E-state index contributed by atoms with van der Waals surface area (Å²) in [6.07, 6.45) is 0.233. The first kappa shape index (κ1) is 23.5. The molecule has 1 aromatic heterocycles. The number of alkyl halides is 2. The minimum Gasteiger partial charge on any atom is -0.273 e. The van der Waals surface area contributed by atoms with Gasteiger partial charge in [0.1, 0.15) is 5.82 Å². The number of rotatable bonds is 9. The lowest BCUT2D eigenvalue weighted by Gasteiger charge is -2.19. The van der Waals surface area contributed by atoms with Gasteiger partial charge in [0.2, 0.25) is 0 Å². The molecule has 0 saturated carbocycles. The lowest BCUT2D eigenvalue weighted by molar-refractivity contribution is -0.00376. The van der Waals surface area contributed by atoms with Crippen LogP contribution in [0.15, 0.2) is 54.6 Å². The molecular weight excluding hydrogens is 447 g/mol. The van der Waals surface area contributed by atoms with Gasteiger partial charge in [0.05, 0.1) is 0 Å². The van der Waals surface area contributed by atoms with Gasteiger partial charge >= 0.3 is 10.3 Å². The van der Waals surface area contributed by atoms with E-state index in [0.29, 0.717) is 18.4 Å². The number of benzene rings is 2. The molecule has 0 saturated heterocycles. The van der Waals surface area contributed by atoms with Crippen LogP contribution in [0.3, 0.4) is 0 Å². The normalized spacial score (nSPS) is 12.3. The summed E-state index contributed by atoms with van der Waals surface area (Å²) in [4.78, 5) is 1.86. The van der Waals surface area contributed by atoms with Gasteiger partial charge in [0.25, 0.3) is 5.92 Å². The molecule has 4 nitrogen and oxygen atoms in total. The van der Waals surface area contributed by atoms with Gasteiger partial charge < -0.3 is 0 Å². The Labute approximate surface area is 183 Å². The van der Waals surface area contributed by atoms with E-state index >= 15 is 8.78 Å². The minimum atomic E-state index is -4.24. The van der Waals surface area contributed by atoms with Crippen molar-refractivity contribution in [2.45, 2.75) is 32.1 Å². The lowest BCUT2D eigenvalue weighted by Crippen LogP contribution is -2.23. The molecule has 0 atom stereocenters. The van der Waals surface area contributed by atoms with Crippen molar-refractivity contribution in [2.24, 2.45) is 0 Å². The summed E-state index contributed by atoms with van der Waals surface area (Å²) in [6, 6.07) is 13.5. The number of nitrogens with one attached hydrogen (secondary N) is 1. The molecule has 9 heteroatoms. The summed E-state index contributed by atoms with van der Waals surface area (Å²) in [5, 5.41) is 0. The van der Waals surface area contributed by atoms with Gasteiger partial charge in [0.15, 0.2) is 0 Å². The molecule has 0 amide bonds. The van der Waals surface area contributed by atoms with Gasteiger partial charge in [-0.15, -0.1) is 11.3 Å². The second-order valence-electron chi connectivity index (χ2n) is 7.26. The Bertz CT molecular complexity index is 1140. The topological polar surface area (TPSA) is 66.4 Å². The van der Waals surface area contributed by atoms with Crippen LogP contribution in [0.1, 0.15) is 28.0 Å². The van der Waals surface area contributed by atoms with E-state index in [1.165, 1.54) is 35.6 Å². The zero-order valence-electron chi connectivity index (χ0n) is 16.7. The molecule has 0 aliphatic heterocycles. The third kappa shape index (κ3) is 6.64. The summed E-state index contributed by atoms with van der Waals surface area (Å²) in [6.45, 7) is 1.97. The molecule has 0 unspecified atom stereocenters. The van der Waals surface area contributed by atoms with Crippen molar-refractivity contribution < 1.29 is 26.1 Å². The predicted molar refractivity (Wildman–Crippen MR) is 116 cm³/mol. The van der Waals surface area contributed by atoms with Crippen molar-refractivity contribution >= 4 is 21.6 Å². The van der Waals surface area contributed by atoms with Gasteiger partial charge in [0, 0.05) is 28.3 Å². The van der Waals surface area contributed by atoms with Gasteiger partial charge in [-0.3, -0.25) is 4.55 Å². The van der Waals surface area contributed by atoms with E-state index in [4.69, 9.17) is 4.55 Å². The highest BCUT2D eigenvalue weighted by molar-refractivity contribution is 7.83. The summed E-state index contributed by atoms with van der Waals surface area (Å²) >= 11 is 1.47. The maximum Gasteiger partial charge on any atom is 0.333 e. The number of halogens is 3. The van der Waals surface area contributed by atoms with Crippen molar-refractivity contribution in [3.63, 3.8) is 0 Å². The third-order valence-electron chi connectivity index (χ3n) is 4.79. The van der Waals surface area contributed by atoms with Crippen molar-refractivity contribution in [1.29, 1.82) is 0 Å². The van der Waals surface area contributed by atoms with E-state index in [1.807, 2.05) is 23.8 Å². The Kier molecular flexibility index (Phi) is 7.20. The molecule has 0 aliphatic carbocycles. The summed E-state index contributed by atoms with van der Waals surface area (Å²) < 4.78 is 75.7. The largest absolute Gasteiger partial charge is 0.333 e. The van der Waals surface area contributed by atoms with E-state index in [1.54, 1.807) is 12.1 Å². The fraction of sp³-hybridized carbons (Fsp3) is 0.273. The van der Waals surface area contributed by atoms with Crippen molar-refractivity contribution in [3.05, 3.63) is 82.0 Å². The maximum atomic E-state index is 15.0. The second-order valence-corrected chi connectivity index (χ2v) is 9.79. The molecule has 3 aromatic rings. The first-order valence-corrected chi connectivity index (χ1v) is 11.8. The van der Waals surface area contributed by atoms with E-state index in [0.717, 1.165) is 21.4 Å². The summed E-state index contributed by atoms with van der Waals surface area (Å²) in [7, 11) is -4.24. The second kappa shape index (κ2) is 9.52. The number of aryl methyl sites for hydroxylation is 2. The summed E-state index contributed by atoms with van der Waals surface area (Å²) in [5.74, 6) is -3.75. The number of hydrogen-bond acceptors (Lipinski definition) is 3. The molecule has 0 aliphatic rings. The highest BCUT2D eigenvalue weighted by atomic mass is 32.2. The van der Waals surface area contributed by atoms with Gasteiger partial charge in [-0.2, -0.15) is 13.1 Å². The van der Waals surface area contributed by atoms with Crippen LogP contribution in [0.25, 0.3) is 10.4 Å². The molecule has 0 bridgehead atoms. The molecule has 1 heterocycles. The van der Waals surface area contributed by atoms with Crippen LogP contribution in [0, 0.1) is 12.7 Å². The SMILES string of the molecule is Cc1ccc(-c2ccc(F)cc2CC(F)(F)c2ccc(CCCNS(=O)(=O)O)cc2)s1. The molecule has 2 N–H and O–H groups in total. The zero-order valence-corrected chi connectivity index (χ0v) is 18.4. The molecule has 0 fully saturated rings. The molecule has 0 radical (unpaired) electrons. The Balaban J connectivity index is 1.73. The zero-order chi connectivity index (χ0) is 22.6. The van der Waals surface area contributed by atoms with E-state index in [9.17, 15) is 12.8 Å². The van der Waals surface area contributed by atoms with E-state index in [2.05, 4.69) is 0 Å². The van der Waals surface area contributed by atoms with Crippen molar-refractivity contribution in [3.8, 4) is 10.4 Å². The first-order chi connectivity index (χ1) is 14.5. The van der Waals surface area contributed by atoms with Crippen molar-refractivity contribution in [2.75, 3.05) is 6.54 Å². The van der Waals surface area contributed by atoms with Crippen molar-refractivity contribution in [1.82, 2.24) is 4.72 Å². The monoisotopic (exact) mass is 469 g/mol. The van der Waals surface area contributed by atoms with Crippen LogP contribution in [-0.2, 0) is 29.1 Å². The molecule has 3 rings (SSSR count). The van der Waals surface area contributed by atoms with Gasteiger partial charge in [-0.1, -0.05) is 30.3 Å². The fourth-order valence-electron chi connectivity index (χ4n) is 3.28. The standard InChI is InChI=1S/C22H22F3NO3S2/c1-15-4-11-21(30-15)20-10-9-19(23)13-17(20)14-22(24,25)18-7-5-16(6-8-18)3-2-12-26-31(27,28)29/h4-11,13,26H,2-3,12,14H2,1H3,(H,27,28,29). The highest BCUT2D eigenvalue weighted by Gasteiger charge is 2.33. The molecule has 0 spiro atoms. The number of hydrogen-bond donors (Lipinski definition) is 2. The Morgan fingerprint density at radius 1 is 1.06 bits per heavy atom. The average Bonchev–Trinajstić information content (AvgIpc) is 3.11. The Hall–Kier alpha value is -2.20. The molecule has 166 valence electrons. The molecule has 2 aromatic carbocycles. The van der Waals surface area contributed by atoms with Gasteiger partial charge in [-0.05, 0) is 60.7 Å². The van der Waals surface area contributed by atoms with Crippen LogP contribution in [0.2, 0.25) is 0 Å². The quantitative estimate of drug-likeness (QED) is 0.320. The Morgan fingerprint density at radius 2 is 1.77 bits per heavy atom. The lowest BCUT2D eigenvalue weighted by atomic mass is 9.95. The average molecular weight is 470 g/mol. The van der Waals surface area contributed by atoms with Crippen LogP contribution in [0.4, 0.5) is 13.2 Å². The summed E-state index contributed by atoms with van der Waals surface area (Å²) in [5.41, 5.74) is 1.43. The Morgan fingerprint density at radius 3 is 2.39 bits per heavy atom. The highest BCUT2D eigenvalue weighted by Crippen LogP contribution is 2.37. The smallest absolute Gasteiger partial charge is 0.273 e. The van der Waals surface area contributed by atoms with Crippen LogP contribution < -0.4 is 4.72 Å². The molecular formula is C22H22F3NO3S2.